The first-order chi connectivity index (χ1) is 7.56. The van der Waals surface area contributed by atoms with Gasteiger partial charge in [0.25, 0.3) is 5.91 Å². The molecule has 0 spiro atoms. The number of carbonyl (C=O) groups excluding carboxylic acids is 1. The lowest BCUT2D eigenvalue weighted by molar-refractivity contribution is 0.0866. The van der Waals surface area contributed by atoms with Crippen molar-refractivity contribution in [1.29, 1.82) is 0 Å². The van der Waals surface area contributed by atoms with Gasteiger partial charge in [0.05, 0.1) is 11.7 Å². The molecule has 0 aliphatic heterocycles. The summed E-state index contributed by atoms with van der Waals surface area (Å²) in [6, 6.07) is 4.41. The fourth-order valence-corrected chi connectivity index (χ4v) is 1.64. The van der Waals surface area contributed by atoms with Crippen LogP contribution in [0.15, 0.2) is 22.7 Å². The molecule has 1 aromatic rings. The van der Waals surface area contributed by atoms with Gasteiger partial charge in [0, 0.05) is 18.1 Å². The van der Waals surface area contributed by atoms with Crippen LogP contribution in [0.3, 0.4) is 0 Å². The van der Waals surface area contributed by atoms with Crippen molar-refractivity contribution in [3.63, 3.8) is 0 Å². The van der Waals surface area contributed by atoms with Crippen molar-refractivity contribution in [3.8, 4) is 0 Å². The number of amides is 1. The fourth-order valence-electron chi connectivity index (χ4n) is 1.12. The van der Waals surface area contributed by atoms with Crippen LogP contribution >= 0.6 is 15.9 Å². The maximum atomic E-state index is 13.4. The van der Waals surface area contributed by atoms with Crippen LogP contribution in [0.4, 0.5) is 4.39 Å². The van der Waals surface area contributed by atoms with E-state index in [1.165, 1.54) is 12.1 Å². The van der Waals surface area contributed by atoms with E-state index < -0.39 is 11.7 Å². The molecule has 0 saturated carbocycles. The van der Waals surface area contributed by atoms with E-state index in [9.17, 15) is 9.18 Å². The number of hydrogen-bond donors (Lipinski definition) is 1. The molecule has 0 aliphatic carbocycles. The molecule has 88 valence electrons. The predicted octanol–water partition coefficient (Wildman–Crippen LogP) is 2.35. The first-order valence-corrected chi connectivity index (χ1v) is 5.60. The molecule has 0 fully saturated rings. The molecule has 3 nitrogen and oxygen atoms in total. The monoisotopic (exact) mass is 289 g/mol. The number of halogens is 2. The molecular weight excluding hydrogens is 277 g/mol. The Balaban J connectivity index is 2.73. The van der Waals surface area contributed by atoms with Crippen LogP contribution in [0.2, 0.25) is 0 Å². The third kappa shape index (κ3) is 3.28. The van der Waals surface area contributed by atoms with Gasteiger partial charge in [-0.2, -0.15) is 0 Å². The molecule has 16 heavy (non-hydrogen) atoms. The predicted molar refractivity (Wildman–Crippen MR) is 62.9 cm³/mol. The van der Waals surface area contributed by atoms with Crippen molar-refractivity contribution in [3.05, 3.63) is 34.1 Å². The average Bonchev–Trinajstić information content (AvgIpc) is 2.25. The third-order valence-electron chi connectivity index (χ3n) is 2.14. The van der Waals surface area contributed by atoms with Crippen LogP contribution in [-0.4, -0.2) is 25.7 Å². The summed E-state index contributed by atoms with van der Waals surface area (Å²) in [6.45, 7) is 2.16. The Morgan fingerprint density at radius 3 is 2.88 bits per heavy atom. The summed E-state index contributed by atoms with van der Waals surface area (Å²) in [4.78, 5) is 11.7. The molecular formula is C11H13BrFNO2. The second-order valence-corrected chi connectivity index (χ2v) is 4.21. The molecule has 0 aliphatic rings. The molecule has 0 aromatic heterocycles. The van der Waals surface area contributed by atoms with E-state index in [1.54, 1.807) is 13.2 Å². The van der Waals surface area contributed by atoms with E-state index >= 15 is 0 Å². The Morgan fingerprint density at radius 2 is 2.31 bits per heavy atom. The summed E-state index contributed by atoms with van der Waals surface area (Å²) in [7, 11) is 1.55. The lowest BCUT2D eigenvalue weighted by atomic mass is 10.2. The summed E-state index contributed by atoms with van der Waals surface area (Å²) in [5, 5.41) is 2.60. The molecule has 1 N–H and O–H groups in total. The SMILES string of the molecule is COC(C)CNC(=O)c1c(F)cccc1Br. The number of hydrogen-bond acceptors (Lipinski definition) is 2. The van der Waals surface area contributed by atoms with Crippen LogP contribution in [0.5, 0.6) is 0 Å². The van der Waals surface area contributed by atoms with Crippen molar-refractivity contribution in [2.24, 2.45) is 0 Å². The van der Waals surface area contributed by atoms with Crippen molar-refractivity contribution in [2.75, 3.05) is 13.7 Å². The Hall–Kier alpha value is -0.940. The third-order valence-corrected chi connectivity index (χ3v) is 2.80. The second kappa shape index (κ2) is 5.96. The topological polar surface area (TPSA) is 38.3 Å². The van der Waals surface area contributed by atoms with Gasteiger partial charge in [-0.05, 0) is 35.0 Å². The number of rotatable bonds is 4. The van der Waals surface area contributed by atoms with Gasteiger partial charge in [-0.3, -0.25) is 4.79 Å². The highest BCUT2D eigenvalue weighted by Crippen LogP contribution is 2.19. The molecule has 5 heteroatoms. The Kier molecular flexibility index (Phi) is 4.89. The van der Waals surface area contributed by atoms with Crippen LogP contribution in [0.25, 0.3) is 0 Å². The van der Waals surface area contributed by atoms with Crippen LogP contribution in [-0.2, 0) is 4.74 Å². The quantitative estimate of drug-likeness (QED) is 0.924. The van der Waals surface area contributed by atoms with Gasteiger partial charge >= 0.3 is 0 Å². The van der Waals surface area contributed by atoms with Crippen molar-refractivity contribution in [1.82, 2.24) is 5.32 Å². The average molecular weight is 290 g/mol. The lowest BCUT2D eigenvalue weighted by Crippen LogP contribution is -2.32. The smallest absolute Gasteiger partial charge is 0.255 e. The highest BCUT2D eigenvalue weighted by molar-refractivity contribution is 9.10. The van der Waals surface area contributed by atoms with E-state index in [2.05, 4.69) is 21.2 Å². The molecule has 0 radical (unpaired) electrons. The molecule has 0 heterocycles. The Labute approximate surface area is 102 Å². The molecule has 1 amide bonds. The largest absolute Gasteiger partial charge is 0.380 e. The minimum Gasteiger partial charge on any atom is -0.380 e. The van der Waals surface area contributed by atoms with Crippen LogP contribution in [0, 0.1) is 5.82 Å². The number of ether oxygens (including phenoxy) is 1. The summed E-state index contributed by atoms with van der Waals surface area (Å²) in [5.74, 6) is -0.995. The summed E-state index contributed by atoms with van der Waals surface area (Å²) in [5.41, 5.74) is 0.0193. The van der Waals surface area contributed by atoms with Crippen LogP contribution < -0.4 is 5.32 Å². The minimum absolute atomic E-state index is 0.0193. The van der Waals surface area contributed by atoms with Crippen molar-refractivity contribution < 1.29 is 13.9 Å². The first kappa shape index (κ1) is 13.1. The van der Waals surface area contributed by atoms with Gasteiger partial charge in [-0.1, -0.05) is 6.07 Å². The highest BCUT2D eigenvalue weighted by Gasteiger charge is 2.15. The fraction of sp³-hybridized carbons (Fsp3) is 0.364. The summed E-state index contributed by atoms with van der Waals surface area (Å²) in [6.07, 6.45) is -0.102. The molecule has 1 aromatic carbocycles. The zero-order valence-electron chi connectivity index (χ0n) is 9.09. The standard InChI is InChI=1S/C11H13BrFNO2/c1-7(16-2)6-14-11(15)10-8(12)4-3-5-9(10)13/h3-5,7H,6H2,1-2H3,(H,14,15). The van der Waals surface area contributed by atoms with E-state index in [0.29, 0.717) is 11.0 Å². The van der Waals surface area contributed by atoms with E-state index in [1.807, 2.05) is 6.92 Å². The summed E-state index contributed by atoms with van der Waals surface area (Å²) >= 11 is 3.14. The first-order valence-electron chi connectivity index (χ1n) is 4.81. The van der Waals surface area contributed by atoms with Gasteiger partial charge < -0.3 is 10.1 Å². The zero-order chi connectivity index (χ0) is 12.1. The molecule has 0 saturated heterocycles. The Bertz CT molecular complexity index is 364. The van der Waals surface area contributed by atoms with Gasteiger partial charge in [-0.25, -0.2) is 4.39 Å². The van der Waals surface area contributed by atoms with Crippen LogP contribution in [0.1, 0.15) is 17.3 Å². The van der Waals surface area contributed by atoms with Crippen molar-refractivity contribution >= 4 is 21.8 Å². The number of carbonyl (C=O) groups is 1. The molecule has 0 bridgehead atoms. The highest BCUT2D eigenvalue weighted by atomic mass is 79.9. The van der Waals surface area contributed by atoms with E-state index in [-0.39, 0.29) is 11.7 Å². The van der Waals surface area contributed by atoms with Gasteiger partial charge in [0.1, 0.15) is 5.82 Å². The number of methoxy groups -OCH3 is 1. The minimum atomic E-state index is -0.544. The number of nitrogens with one attached hydrogen (secondary N) is 1. The lowest BCUT2D eigenvalue weighted by Gasteiger charge is -2.11. The zero-order valence-corrected chi connectivity index (χ0v) is 10.7. The Morgan fingerprint density at radius 1 is 1.62 bits per heavy atom. The summed E-state index contributed by atoms with van der Waals surface area (Å²) < 4.78 is 18.8. The van der Waals surface area contributed by atoms with Gasteiger partial charge in [0.15, 0.2) is 0 Å². The van der Waals surface area contributed by atoms with E-state index in [4.69, 9.17) is 4.74 Å². The normalized spacial score (nSPS) is 12.2. The second-order valence-electron chi connectivity index (χ2n) is 3.35. The van der Waals surface area contributed by atoms with Gasteiger partial charge in [0.2, 0.25) is 0 Å². The number of benzene rings is 1. The maximum absolute atomic E-state index is 13.4. The van der Waals surface area contributed by atoms with Gasteiger partial charge in [-0.15, -0.1) is 0 Å². The molecule has 1 atom stereocenters. The van der Waals surface area contributed by atoms with E-state index in [0.717, 1.165) is 0 Å². The van der Waals surface area contributed by atoms with Crippen molar-refractivity contribution in [2.45, 2.75) is 13.0 Å². The maximum Gasteiger partial charge on any atom is 0.255 e. The molecule has 1 rings (SSSR count). The molecule has 1 unspecified atom stereocenters.